The summed E-state index contributed by atoms with van der Waals surface area (Å²) in [6.45, 7) is 3.67. The Morgan fingerprint density at radius 1 is 1.53 bits per heavy atom. The minimum absolute atomic E-state index is 0.147. The fraction of sp³-hybridized carbons (Fsp3) is 0.429. The minimum atomic E-state index is -0.878. The Balaban J connectivity index is 2.06. The zero-order valence-corrected chi connectivity index (χ0v) is 11.0. The molecule has 0 saturated heterocycles. The molecule has 5 nitrogen and oxygen atoms in total. The molecule has 100 valence electrons. The first-order chi connectivity index (χ1) is 9.08. The number of amides is 1. The maximum atomic E-state index is 12.1. The Kier molecular flexibility index (Phi) is 3.61. The van der Waals surface area contributed by atoms with Crippen molar-refractivity contribution in [3.63, 3.8) is 0 Å². The van der Waals surface area contributed by atoms with Crippen LogP contribution in [0.3, 0.4) is 0 Å². The largest absolute Gasteiger partial charge is 0.485 e. The summed E-state index contributed by atoms with van der Waals surface area (Å²) in [5, 5.41) is 11.7. The van der Waals surface area contributed by atoms with Crippen molar-refractivity contribution in [1.82, 2.24) is 5.32 Å². The number of ether oxygens (including phenoxy) is 2. The third-order valence-corrected chi connectivity index (χ3v) is 3.15. The van der Waals surface area contributed by atoms with Crippen LogP contribution in [0.2, 0.25) is 0 Å². The number of nitriles is 1. The average molecular weight is 260 g/mol. The van der Waals surface area contributed by atoms with Crippen molar-refractivity contribution in [3.05, 3.63) is 24.3 Å². The predicted molar refractivity (Wildman–Crippen MR) is 68.8 cm³/mol. The van der Waals surface area contributed by atoms with Crippen LogP contribution in [0.5, 0.6) is 11.5 Å². The molecule has 2 atom stereocenters. The minimum Gasteiger partial charge on any atom is -0.485 e. The molecule has 0 saturated carbocycles. The fourth-order valence-electron chi connectivity index (χ4n) is 1.70. The topological polar surface area (TPSA) is 71.4 Å². The van der Waals surface area contributed by atoms with Gasteiger partial charge in [0.05, 0.1) is 6.07 Å². The van der Waals surface area contributed by atoms with Gasteiger partial charge in [-0.25, -0.2) is 0 Å². The highest BCUT2D eigenvalue weighted by atomic mass is 16.6. The van der Waals surface area contributed by atoms with Crippen LogP contribution in [0.15, 0.2) is 24.3 Å². The number of nitrogens with zero attached hydrogens (tertiary/aromatic N) is 1. The highest BCUT2D eigenvalue weighted by Crippen LogP contribution is 2.31. The lowest BCUT2D eigenvalue weighted by molar-refractivity contribution is -0.131. The number of fused-ring (bicyclic) bond motifs is 1. The first kappa shape index (κ1) is 13.2. The number of benzene rings is 1. The molecule has 1 N–H and O–H groups in total. The first-order valence-corrected chi connectivity index (χ1v) is 6.20. The molecule has 0 aliphatic carbocycles. The van der Waals surface area contributed by atoms with Gasteiger partial charge < -0.3 is 14.8 Å². The van der Waals surface area contributed by atoms with Gasteiger partial charge >= 0.3 is 0 Å². The van der Waals surface area contributed by atoms with Crippen molar-refractivity contribution in [3.8, 4) is 17.6 Å². The number of nitrogens with one attached hydrogen (secondary N) is 1. The molecule has 19 heavy (non-hydrogen) atoms. The van der Waals surface area contributed by atoms with Crippen molar-refractivity contribution >= 4 is 5.91 Å². The Morgan fingerprint density at radius 3 is 2.84 bits per heavy atom. The molecule has 0 radical (unpaired) electrons. The van der Waals surface area contributed by atoms with Gasteiger partial charge in [0, 0.05) is 0 Å². The molecule has 0 aromatic heterocycles. The van der Waals surface area contributed by atoms with E-state index in [1.54, 1.807) is 19.1 Å². The van der Waals surface area contributed by atoms with E-state index < -0.39 is 11.6 Å². The fourth-order valence-corrected chi connectivity index (χ4v) is 1.70. The van der Waals surface area contributed by atoms with Gasteiger partial charge in [-0.15, -0.1) is 0 Å². The van der Waals surface area contributed by atoms with E-state index in [-0.39, 0.29) is 12.5 Å². The quantitative estimate of drug-likeness (QED) is 0.896. The Labute approximate surface area is 112 Å². The normalized spacial score (nSPS) is 19.9. The Bertz CT molecular complexity index is 524. The molecule has 2 rings (SSSR count). The lowest BCUT2D eigenvalue weighted by Crippen LogP contribution is -2.52. The van der Waals surface area contributed by atoms with Crippen LogP contribution in [0, 0.1) is 11.3 Å². The highest BCUT2D eigenvalue weighted by molar-refractivity contribution is 5.82. The lowest BCUT2D eigenvalue weighted by atomic mass is 10.0. The van der Waals surface area contributed by atoms with Gasteiger partial charge in [0.2, 0.25) is 6.10 Å². The summed E-state index contributed by atoms with van der Waals surface area (Å²) in [6.07, 6.45) is -0.200. The number of hydrogen-bond acceptors (Lipinski definition) is 4. The molecular formula is C14H16N2O3. The van der Waals surface area contributed by atoms with Gasteiger partial charge in [-0.05, 0) is 25.5 Å². The number of carbonyl (C=O) groups excluding carboxylic acids is 1. The monoisotopic (exact) mass is 260 g/mol. The van der Waals surface area contributed by atoms with Gasteiger partial charge in [0.25, 0.3) is 5.91 Å². The van der Waals surface area contributed by atoms with E-state index in [0.717, 1.165) is 0 Å². The number of para-hydroxylation sites is 2. The summed E-state index contributed by atoms with van der Waals surface area (Å²) in [5.41, 5.74) is -0.878. The number of carbonyl (C=O) groups is 1. The lowest BCUT2D eigenvalue weighted by Gasteiger charge is -2.28. The van der Waals surface area contributed by atoms with E-state index in [0.29, 0.717) is 17.9 Å². The SMILES string of the molecule is CC[C@@](C)(C#N)NC(=O)[C@H]1COc2ccccc2O1. The third-order valence-electron chi connectivity index (χ3n) is 3.15. The summed E-state index contributed by atoms with van der Waals surface area (Å²) in [5.74, 6) is 0.842. The van der Waals surface area contributed by atoms with Crippen molar-refractivity contribution in [2.75, 3.05) is 6.61 Å². The smallest absolute Gasteiger partial charge is 0.265 e. The zero-order valence-electron chi connectivity index (χ0n) is 11.0. The van der Waals surface area contributed by atoms with Crippen LogP contribution < -0.4 is 14.8 Å². The second kappa shape index (κ2) is 5.19. The molecule has 1 aromatic carbocycles. The molecule has 1 heterocycles. The first-order valence-electron chi connectivity index (χ1n) is 6.20. The number of hydrogen-bond donors (Lipinski definition) is 1. The zero-order chi connectivity index (χ0) is 13.9. The van der Waals surface area contributed by atoms with Gasteiger partial charge in [0.15, 0.2) is 11.5 Å². The molecule has 0 spiro atoms. The Hall–Kier alpha value is -2.22. The molecule has 0 unspecified atom stereocenters. The summed E-state index contributed by atoms with van der Waals surface area (Å²) in [4.78, 5) is 12.1. The van der Waals surface area contributed by atoms with Crippen LogP contribution >= 0.6 is 0 Å². The summed E-state index contributed by atoms with van der Waals surface area (Å²) in [7, 11) is 0. The molecule has 5 heteroatoms. The van der Waals surface area contributed by atoms with Crippen molar-refractivity contribution in [2.45, 2.75) is 31.9 Å². The molecule has 1 aliphatic heterocycles. The summed E-state index contributed by atoms with van der Waals surface area (Å²) in [6, 6.07) is 9.28. The molecule has 1 aliphatic rings. The standard InChI is InChI=1S/C14H16N2O3/c1-3-14(2,9-15)16-13(17)12-8-18-10-6-4-5-7-11(10)19-12/h4-7,12H,3,8H2,1-2H3,(H,16,17)/t12-,14+/m1/s1. The average Bonchev–Trinajstić information content (AvgIpc) is 2.46. The highest BCUT2D eigenvalue weighted by Gasteiger charge is 2.32. The van der Waals surface area contributed by atoms with Crippen LogP contribution in [0.1, 0.15) is 20.3 Å². The maximum absolute atomic E-state index is 12.1. The molecule has 0 fully saturated rings. The molecule has 1 amide bonds. The predicted octanol–water partition coefficient (Wildman–Crippen LogP) is 1.63. The summed E-state index contributed by atoms with van der Waals surface area (Å²) >= 11 is 0. The van der Waals surface area contributed by atoms with Crippen LogP contribution in [0.25, 0.3) is 0 Å². The van der Waals surface area contributed by atoms with Crippen LogP contribution in [-0.2, 0) is 4.79 Å². The Morgan fingerprint density at radius 2 is 2.21 bits per heavy atom. The van der Waals surface area contributed by atoms with Gasteiger partial charge in [-0.1, -0.05) is 19.1 Å². The molecule has 0 bridgehead atoms. The van der Waals surface area contributed by atoms with Crippen LogP contribution in [0.4, 0.5) is 0 Å². The van der Waals surface area contributed by atoms with Crippen molar-refractivity contribution in [2.24, 2.45) is 0 Å². The second-order valence-electron chi connectivity index (χ2n) is 4.65. The van der Waals surface area contributed by atoms with E-state index in [2.05, 4.69) is 11.4 Å². The molecular weight excluding hydrogens is 244 g/mol. The van der Waals surface area contributed by atoms with Gasteiger partial charge in [-0.3, -0.25) is 4.79 Å². The summed E-state index contributed by atoms with van der Waals surface area (Å²) < 4.78 is 11.1. The third kappa shape index (κ3) is 2.79. The van der Waals surface area contributed by atoms with Crippen molar-refractivity contribution in [1.29, 1.82) is 5.26 Å². The van der Waals surface area contributed by atoms with Crippen molar-refractivity contribution < 1.29 is 14.3 Å². The van der Waals surface area contributed by atoms with Gasteiger partial charge in [-0.2, -0.15) is 5.26 Å². The second-order valence-corrected chi connectivity index (χ2v) is 4.65. The number of rotatable bonds is 3. The van der Waals surface area contributed by atoms with Gasteiger partial charge in [0.1, 0.15) is 12.1 Å². The van der Waals surface area contributed by atoms with E-state index in [4.69, 9.17) is 14.7 Å². The van der Waals surface area contributed by atoms with E-state index in [1.165, 1.54) is 0 Å². The van der Waals surface area contributed by atoms with Crippen LogP contribution in [-0.4, -0.2) is 24.2 Å². The van der Waals surface area contributed by atoms with E-state index >= 15 is 0 Å². The molecule has 1 aromatic rings. The van der Waals surface area contributed by atoms with E-state index in [9.17, 15) is 4.79 Å². The maximum Gasteiger partial charge on any atom is 0.265 e. The van der Waals surface area contributed by atoms with E-state index in [1.807, 2.05) is 19.1 Å².